The normalized spacial score (nSPS) is 12.5. The molecule has 2 aromatic heterocycles. The van der Waals surface area contributed by atoms with Crippen LogP contribution in [-0.2, 0) is 0 Å². The lowest BCUT2D eigenvalue weighted by molar-refractivity contribution is 0.496. The quantitative estimate of drug-likeness (QED) is 0.771. The molecule has 0 bridgehead atoms. The number of nitrogens with zero attached hydrogens (tertiary/aromatic N) is 3. The summed E-state index contributed by atoms with van der Waals surface area (Å²) < 4.78 is 0. The van der Waals surface area contributed by atoms with Crippen molar-refractivity contribution in [2.75, 3.05) is 0 Å². The zero-order valence-corrected chi connectivity index (χ0v) is 13.2. The third-order valence-corrected chi connectivity index (χ3v) is 3.78. The highest BCUT2D eigenvalue weighted by atomic mass is 15.0. The van der Waals surface area contributed by atoms with Crippen molar-refractivity contribution in [3.63, 3.8) is 0 Å². The number of benzene rings is 1. The van der Waals surface area contributed by atoms with Gasteiger partial charge < -0.3 is 10.7 Å². The Labute approximate surface area is 135 Å². The Kier molecular flexibility index (Phi) is 4.09. The number of aromatic amines is 1. The molecular formula is C18H19N5. The molecule has 2 heterocycles. The lowest BCUT2D eigenvalue weighted by atomic mass is 10.0. The molecule has 1 atom stereocenters. The van der Waals surface area contributed by atoms with Crippen LogP contribution >= 0.6 is 0 Å². The summed E-state index contributed by atoms with van der Waals surface area (Å²) in [7, 11) is 0. The van der Waals surface area contributed by atoms with Crippen LogP contribution in [0, 0.1) is 17.2 Å². The summed E-state index contributed by atoms with van der Waals surface area (Å²) in [6, 6.07) is 11.7. The number of imidazole rings is 1. The topological polar surface area (TPSA) is 91.4 Å². The number of pyridine rings is 1. The second-order valence-corrected chi connectivity index (χ2v) is 6.13. The Morgan fingerprint density at radius 2 is 2.00 bits per heavy atom. The molecule has 23 heavy (non-hydrogen) atoms. The molecule has 0 aliphatic heterocycles. The molecule has 5 heteroatoms. The van der Waals surface area contributed by atoms with Crippen molar-refractivity contribution in [1.29, 1.82) is 5.26 Å². The molecule has 3 aromatic rings. The summed E-state index contributed by atoms with van der Waals surface area (Å²) in [5, 5.41) is 8.97. The lowest BCUT2D eigenvalue weighted by Crippen LogP contribution is -2.14. The van der Waals surface area contributed by atoms with Gasteiger partial charge >= 0.3 is 0 Å². The van der Waals surface area contributed by atoms with Gasteiger partial charge in [-0.15, -0.1) is 0 Å². The summed E-state index contributed by atoms with van der Waals surface area (Å²) in [6.45, 7) is 4.30. The Bertz CT molecular complexity index is 872. The molecule has 0 saturated carbocycles. The summed E-state index contributed by atoms with van der Waals surface area (Å²) in [4.78, 5) is 11.9. The molecule has 0 fully saturated rings. The zero-order valence-electron chi connectivity index (χ0n) is 13.2. The number of hydrogen-bond acceptors (Lipinski definition) is 4. The predicted octanol–water partition coefficient (Wildman–Crippen LogP) is 3.54. The molecule has 5 nitrogen and oxygen atoms in total. The first kappa shape index (κ1) is 15.2. The van der Waals surface area contributed by atoms with Crippen LogP contribution < -0.4 is 5.73 Å². The van der Waals surface area contributed by atoms with E-state index in [0.29, 0.717) is 11.6 Å². The monoisotopic (exact) mass is 305 g/mol. The molecule has 0 aliphatic rings. The van der Waals surface area contributed by atoms with Crippen molar-refractivity contribution in [2.24, 2.45) is 11.7 Å². The predicted molar refractivity (Wildman–Crippen MR) is 90.4 cm³/mol. The average molecular weight is 305 g/mol. The van der Waals surface area contributed by atoms with E-state index in [1.54, 1.807) is 12.3 Å². The Hall–Kier alpha value is -2.71. The van der Waals surface area contributed by atoms with Crippen molar-refractivity contribution in [2.45, 2.75) is 26.3 Å². The van der Waals surface area contributed by atoms with E-state index in [1.165, 1.54) is 0 Å². The highest BCUT2D eigenvalue weighted by molar-refractivity contribution is 5.82. The van der Waals surface area contributed by atoms with Gasteiger partial charge in [0.2, 0.25) is 0 Å². The van der Waals surface area contributed by atoms with Crippen LogP contribution in [0.15, 0.2) is 36.5 Å². The van der Waals surface area contributed by atoms with Gasteiger partial charge in [-0.05, 0) is 47.7 Å². The number of hydrogen-bond donors (Lipinski definition) is 2. The maximum Gasteiger partial charge on any atom is 0.141 e. The Morgan fingerprint density at radius 3 is 2.74 bits per heavy atom. The second-order valence-electron chi connectivity index (χ2n) is 6.13. The van der Waals surface area contributed by atoms with E-state index in [4.69, 9.17) is 11.0 Å². The van der Waals surface area contributed by atoms with Crippen molar-refractivity contribution >= 4 is 11.0 Å². The van der Waals surface area contributed by atoms with E-state index >= 15 is 0 Å². The minimum atomic E-state index is -0.0861. The fourth-order valence-corrected chi connectivity index (χ4v) is 2.68. The standard InChI is InChI=1S/C18H19N5/c1-11(2)7-15(20)18-22-16-4-3-12(9-17(16)23-18)13-5-6-21-14(8-13)10-19/h3-6,8-9,11,15H,7,20H2,1-2H3,(H,22,23). The van der Waals surface area contributed by atoms with Crippen LogP contribution in [0.25, 0.3) is 22.2 Å². The molecular weight excluding hydrogens is 286 g/mol. The molecule has 1 aromatic carbocycles. The maximum absolute atomic E-state index is 8.97. The van der Waals surface area contributed by atoms with E-state index in [-0.39, 0.29) is 6.04 Å². The van der Waals surface area contributed by atoms with Gasteiger partial charge in [0.05, 0.1) is 17.1 Å². The van der Waals surface area contributed by atoms with Crippen molar-refractivity contribution in [3.05, 3.63) is 48.0 Å². The molecule has 0 aliphatic carbocycles. The van der Waals surface area contributed by atoms with Crippen molar-refractivity contribution in [1.82, 2.24) is 15.0 Å². The number of rotatable bonds is 4. The first-order valence-electron chi connectivity index (χ1n) is 7.68. The SMILES string of the molecule is CC(C)CC(N)c1nc2ccc(-c3ccnc(C#N)c3)cc2[nH]1. The number of nitrogens with two attached hydrogens (primary N) is 1. The van der Waals surface area contributed by atoms with Gasteiger partial charge in [0.1, 0.15) is 17.6 Å². The molecule has 0 amide bonds. The lowest BCUT2D eigenvalue weighted by Gasteiger charge is -2.10. The van der Waals surface area contributed by atoms with Gasteiger partial charge in [0, 0.05) is 6.20 Å². The van der Waals surface area contributed by atoms with Crippen molar-refractivity contribution in [3.8, 4) is 17.2 Å². The molecule has 1 unspecified atom stereocenters. The molecule has 0 radical (unpaired) electrons. The van der Waals surface area contributed by atoms with E-state index < -0.39 is 0 Å². The van der Waals surface area contributed by atoms with Crippen LogP contribution in [0.2, 0.25) is 0 Å². The third kappa shape index (κ3) is 3.22. The van der Waals surface area contributed by atoms with E-state index in [9.17, 15) is 0 Å². The Balaban J connectivity index is 1.97. The van der Waals surface area contributed by atoms with Crippen LogP contribution in [0.3, 0.4) is 0 Å². The van der Waals surface area contributed by atoms with Gasteiger partial charge in [-0.1, -0.05) is 19.9 Å². The number of nitrogens with one attached hydrogen (secondary N) is 1. The highest BCUT2D eigenvalue weighted by Gasteiger charge is 2.13. The minimum Gasteiger partial charge on any atom is -0.341 e. The van der Waals surface area contributed by atoms with Crippen molar-refractivity contribution < 1.29 is 0 Å². The zero-order chi connectivity index (χ0) is 16.4. The van der Waals surface area contributed by atoms with Crippen LogP contribution in [0.4, 0.5) is 0 Å². The first-order valence-corrected chi connectivity index (χ1v) is 7.68. The van der Waals surface area contributed by atoms with E-state index in [2.05, 4.69) is 34.9 Å². The fourth-order valence-electron chi connectivity index (χ4n) is 2.68. The number of aromatic nitrogens is 3. The molecule has 3 rings (SSSR count). The average Bonchev–Trinajstić information content (AvgIpc) is 2.97. The largest absolute Gasteiger partial charge is 0.341 e. The molecule has 116 valence electrons. The fraction of sp³-hybridized carbons (Fsp3) is 0.278. The summed E-state index contributed by atoms with van der Waals surface area (Å²) in [5.41, 5.74) is 10.4. The summed E-state index contributed by atoms with van der Waals surface area (Å²) in [5.74, 6) is 1.34. The third-order valence-electron chi connectivity index (χ3n) is 3.78. The van der Waals surface area contributed by atoms with Gasteiger partial charge in [0.15, 0.2) is 0 Å². The van der Waals surface area contributed by atoms with Gasteiger partial charge in [-0.25, -0.2) is 9.97 Å². The van der Waals surface area contributed by atoms with Gasteiger partial charge in [-0.3, -0.25) is 0 Å². The summed E-state index contributed by atoms with van der Waals surface area (Å²) >= 11 is 0. The first-order chi connectivity index (χ1) is 11.1. The highest BCUT2D eigenvalue weighted by Crippen LogP contribution is 2.25. The smallest absolute Gasteiger partial charge is 0.141 e. The number of nitriles is 1. The number of fused-ring (bicyclic) bond motifs is 1. The van der Waals surface area contributed by atoms with Crippen LogP contribution in [0.1, 0.15) is 37.8 Å². The van der Waals surface area contributed by atoms with E-state index in [0.717, 1.165) is 34.4 Å². The molecule has 0 saturated heterocycles. The van der Waals surface area contributed by atoms with Gasteiger partial charge in [-0.2, -0.15) is 5.26 Å². The van der Waals surface area contributed by atoms with Gasteiger partial charge in [0.25, 0.3) is 0 Å². The minimum absolute atomic E-state index is 0.0861. The second kappa shape index (κ2) is 6.19. The van der Waals surface area contributed by atoms with E-state index in [1.807, 2.05) is 24.3 Å². The number of H-pyrrole nitrogens is 1. The van der Waals surface area contributed by atoms with Crippen LogP contribution in [0.5, 0.6) is 0 Å². The maximum atomic E-state index is 8.97. The molecule has 0 spiro atoms. The summed E-state index contributed by atoms with van der Waals surface area (Å²) in [6.07, 6.45) is 2.54. The Morgan fingerprint density at radius 1 is 1.22 bits per heavy atom. The van der Waals surface area contributed by atoms with Crippen LogP contribution in [-0.4, -0.2) is 15.0 Å². The molecule has 3 N–H and O–H groups in total.